The summed E-state index contributed by atoms with van der Waals surface area (Å²) >= 11 is 1.57. The number of nitrogens with zero attached hydrogens (tertiary/aromatic N) is 1. The van der Waals surface area contributed by atoms with Crippen molar-refractivity contribution < 1.29 is 8.78 Å². The molecule has 1 aromatic carbocycles. The Morgan fingerprint density at radius 3 is 2.89 bits per heavy atom. The fourth-order valence-electron chi connectivity index (χ4n) is 1.73. The fourth-order valence-corrected chi connectivity index (χ4v) is 2.93. The van der Waals surface area contributed by atoms with Crippen LogP contribution in [0.2, 0.25) is 0 Å². The number of amidine groups is 1. The summed E-state index contributed by atoms with van der Waals surface area (Å²) in [5, 5.41) is 3.64. The van der Waals surface area contributed by atoms with Crippen LogP contribution in [0.3, 0.4) is 0 Å². The third kappa shape index (κ3) is 3.02. The highest BCUT2D eigenvalue weighted by atomic mass is 32.2. The third-order valence-electron chi connectivity index (χ3n) is 3.19. The van der Waals surface area contributed by atoms with Gasteiger partial charge in [-0.15, -0.1) is 0 Å². The lowest BCUT2D eigenvalue weighted by Crippen LogP contribution is -2.29. The van der Waals surface area contributed by atoms with Crippen LogP contribution >= 0.6 is 11.8 Å². The van der Waals surface area contributed by atoms with Crippen molar-refractivity contribution in [3.8, 4) is 0 Å². The quantitative estimate of drug-likeness (QED) is 0.877. The Labute approximate surface area is 110 Å². The first kappa shape index (κ1) is 13.3. The van der Waals surface area contributed by atoms with E-state index in [1.807, 2.05) is 0 Å². The molecule has 1 aliphatic rings. The zero-order valence-electron chi connectivity index (χ0n) is 10.5. The molecule has 0 fully saturated rings. The largest absolute Gasteiger partial charge is 0.333 e. The summed E-state index contributed by atoms with van der Waals surface area (Å²) in [5.74, 6) is -0.212. The summed E-state index contributed by atoms with van der Waals surface area (Å²) in [4.78, 5) is 4.60. The van der Waals surface area contributed by atoms with Crippen molar-refractivity contribution >= 4 is 22.6 Å². The summed E-state index contributed by atoms with van der Waals surface area (Å²) in [6.07, 6.45) is 1.97. The van der Waals surface area contributed by atoms with Crippen molar-refractivity contribution in [2.24, 2.45) is 4.99 Å². The Balaban J connectivity index is 2.18. The Morgan fingerprint density at radius 1 is 1.44 bits per heavy atom. The molecule has 0 amide bonds. The van der Waals surface area contributed by atoms with Crippen LogP contribution < -0.4 is 5.32 Å². The van der Waals surface area contributed by atoms with E-state index >= 15 is 0 Å². The molecular formula is C13H16F2N2S. The molecule has 5 heteroatoms. The van der Waals surface area contributed by atoms with E-state index in [1.54, 1.807) is 11.8 Å². The van der Waals surface area contributed by atoms with Crippen molar-refractivity contribution in [3.63, 3.8) is 0 Å². The van der Waals surface area contributed by atoms with Crippen LogP contribution in [-0.2, 0) is 0 Å². The number of aliphatic imine (C=N–C) groups is 1. The molecule has 0 aromatic heterocycles. The molecule has 0 radical (unpaired) electrons. The topological polar surface area (TPSA) is 24.4 Å². The molecule has 0 saturated heterocycles. The maximum absolute atomic E-state index is 13.5. The molecule has 1 aromatic rings. The first-order chi connectivity index (χ1) is 8.52. The first-order valence-corrected chi connectivity index (χ1v) is 6.96. The lowest BCUT2D eigenvalue weighted by atomic mass is 9.97. The number of anilines is 1. The van der Waals surface area contributed by atoms with Gasteiger partial charge < -0.3 is 5.32 Å². The number of rotatable bonds is 2. The minimum Gasteiger partial charge on any atom is -0.333 e. The van der Waals surface area contributed by atoms with E-state index in [-0.39, 0.29) is 11.2 Å². The Bertz CT molecular complexity index is 476. The summed E-state index contributed by atoms with van der Waals surface area (Å²) in [7, 11) is 0. The van der Waals surface area contributed by atoms with Gasteiger partial charge in [0.05, 0.1) is 11.2 Å². The average Bonchev–Trinajstić information content (AvgIpc) is 2.33. The molecule has 0 saturated carbocycles. The SMILES string of the molecule is CCC1(C)CCSC(Nc2ccc(F)cc2F)=N1. The van der Waals surface area contributed by atoms with E-state index in [9.17, 15) is 8.78 Å². The molecule has 1 unspecified atom stereocenters. The van der Waals surface area contributed by atoms with Crippen molar-refractivity contribution in [1.29, 1.82) is 0 Å². The standard InChI is InChI=1S/C13H16F2N2S/c1-3-13(2)6-7-18-12(17-13)16-11-5-4-9(14)8-10(11)15/h4-5,8H,3,6-7H2,1-2H3,(H,16,17). The lowest BCUT2D eigenvalue weighted by molar-refractivity contribution is 0.443. The highest BCUT2D eigenvalue weighted by molar-refractivity contribution is 8.14. The zero-order valence-corrected chi connectivity index (χ0v) is 11.3. The van der Waals surface area contributed by atoms with E-state index in [0.717, 1.165) is 24.7 Å². The van der Waals surface area contributed by atoms with E-state index in [0.29, 0.717) is 5.17 Å². The van der Waals surface area contributed by atoms with Gasteiger partial charge in [0.15, 0.2) is 5.17 Å². The second kappa shape index (κ2) is 5.26. The molecule has 18 heavy (non-hydrogen) atoms. The van der Waals surface area contributed by atoms with Gasteiger partial charge in [0.25, 0.3) is 0 Å². The first-order valence-electron chi connectivity index (χ1n) is 5.97. The predicted molar refractivity (Wildman–Crippen MR) is 73.2 cm³/mol. The number of halogens is 2. The number of hydrogen-bond donors (Lipinski definition) is 1. The van der Waals surface area contributed by atoms with Gasteiger partial charge in [0.2, 0.25) is 0 Å². The molecule has 1 N–H and O–H groups in total. The summed E-state index contributed by atoms with van der Waals surface area (Å²) in [5.41, 5.74) is 0.187. The monoisotopic (exact) mass is 270 g/mol. The van der Waals surface area contributed by atoms with Crippen LogP contribution in [0.25, 0.3) is 0 Å². The van der Waals surface area contributed by atoms with Crippen LogP contribution in [0.15, 0.2) is 23.2 Å². The number of thioether (sulfide) groups is 1. The van der Waals surface area contributed by atoms with E-state index in [1.165, 1.54) is 12.1 Å². The molecule has 0 bridgehead atoms. The van der Waals surface area contributed by atoms with Crippen LogP contribution in [0.1, 0.15) is 26.7 Å². The van der Waals surface area contributed by atoms with Gasteiger partial charge in [0.1, 0.15) is 11.6 Å². The highest BCUT2D eigenvalue weighted by Gasteiger charge is 2.26. The molecule has 2 nitrogen and oxygen atoms in total. The van der Waals surface area contributed by atoms with Gasteiger partial charge in [-0.2, -0.15) is 0 Å². The third-order valence-corrected chi connectivity index (χ3v) is 4.06. The van der Waals surface area contributed by atoms with Gasteiger partial charge in [-0.1, -0.05) is 18.7 Å². The molecule has 0 spiro atoms. The van der Waals surface area contributed by atoms with Crippen molar-refractivity contribution in [1.82, 2.24) is 0 Å². The van der Waals surface area contributed by atoms with Gasteiger partial charge in [0, 0.05) is 11.8 Å². The van der Waals surface area contributed by atoms with Gasteiger partial charge in [-0.25, -0.2) is 8.78 Å². The number of hydrogen-bond acceptors (Lipinski definition) is 3. The zero-order chi connectivity index (χ0) is 13.2. The number of benzene rings is 1. The predicted octanol–water partition coefficient (Wildman–Crippen LogP) is 4.04. The maximum Gasteiger partial charge on any atom is 0.161 e. The van der Waals surface area contributed by atoms with Crippen molar-refractivity contribution in [2.75, 3.05) is 11.1 Å². The molecule has 1 heterocycles. The number of nitrogens with one attached hydrogen (secondary N) is 1. The Hall–Kier alpha value is -1.10. The van der Waals surface area contributed by atoms with Crippen molar-refractivity contribution in [2.45, 2.75) is 32.2 Å². The molecule has 0 aliphatic carbocycles. The van der Waals surface area contributed by atoms with Crippen molar-refractivity contribution in [3.05, 3.63) is 29.8 Å². The van der Waals surface area contributed by atoms with Gasteiger partial charge in [-0.05, 0) is 31.9 Å². The van der Waals surface area contributed by atoms with Crippen LogP contribution in [0, 0.1) is 11.6 Å². The minimum absolute atomic E-state index is 0.0793. The van der Waals surface area contributed by atoms with Crippen LogP contribution in [0.4, 0.5) is 14.5 Å². The Kier molecular flexibility index (Phi) is 3.90. The second-order valence-electron chi connectivity index (χ2n) is 4.62. The fraction of sp³-hybridized carbons (Fsp3) is 0.462. The summed E-state index contributed by atoms with van der Waals surface area (Å²) in [6, 6.07) is 3.50. The maximum atomic E-state index is 13.5. The molecule has 1 atom stereocenters. The van der Waals surface area contributed by atoms with E-state index in [4.69, 9.17) is 0 Å². The highest BCUT2D eigenvalue weighted by Crippen LogP contribution is 2.30. The Morgan fingerprint density at radius 2 is 2.22 bits per heavy atom. The molecule has 98 valence electrons. The molecule has 2 rings (SSSR count). The lowest BCUT2D eigenvalue weighted by Gasteiger charge is -2.29. The molecular weight excluding hydrogens is 254 g/mol. The summed E-state index contributed by atoms with van der Waals surface area (Å²) in [6.45, 7) is 4.19. The van der Waals surface area contributed by atoms with E-state index in [2.05, 4.69) is 24.2 Å². The normalized spacial score (nSPS) is 23.7. The van der Waals surface area contributed by atoms with Gasteiger partial charge in [-0.3, -0.25) is 4.99 Å². The minimum atomic E-state index is -0.595. The second-order valence-corrected chi connectivity index (χ2v) is 5.70. The summed E-state index contributed by atoms with van der Waals surface area (Å²) < 4.78 is 26.3. The smallest absolute Gasteiger partial charge is 0.161 e. The van der Waals surface area contributed by atoms with E-state index < -0.39 is 11.6 Å². The van der Waals surface area contributed by atoms with Crippen LogP contribution in [0.5, 0.6) is 0 Å². The average molecular weight is 270 g/mol. The van der Waals surface area contributed by atoms with Gasteiger partial charge >= 0.3 is 0 Å². The molecule has 1 aliphatic heterocycles. The van der Waals surface area contributed by atoms with Crippen LogP contribution in [-0.4, -0.2) is 16.5 Å².